The summed E-state index contributed by atoms with van der Waals surface area (Å²) in [6.07, 6.45) is 1.76. The number of anilines is 2. The number of benzene rings is 1. The number of nitrogens with zero attached hydrogens (tertiary/aromatic N) is 3. The fraction of sp³-hybridized carbons (Fsp3) is 0.474. The molecular formula is C19H25N5O5. The van der Waals surface area contributed by atoms with Gasteiger partial charge in [-0.25, -0.2) is 4.98 Å². The first-order valence-electron chi connectivity index (χ1n) is 9.34. The molecule has 2 heterocycles. The van der Waals surface area contributed by atoms with Crippen LogP contribution >= 0.6 is 0 Å². The number of ether oxygens (including phenoxy) is 3. The van der Waals surface area contributed by atoms with E-state index in [1.54, 1.807) is 26.4 Å². The molecule has 1 aliphatic heterocycles. The van der Waals surface area contributed by atoms with Gasteiger partial charge in [-0.2, -0.15) is 4.98 Å². The predicted octanol–water partition coefficient (Wildman–Crippen LogP) is 0.848. The standard InChI is InChI=1S/C19H25N5O5/c1-27-15-10-12-13(11-16(15)28-2)22-19(23-17(12)20)21-5-6-24(7-8-25)18(26)14-4-3-9-29-14/h8,10-11,14H,3-7,9H2,1-2H3,(H3,20,21,22,23). The van der Waals surface area contributed by atoms with Crippen molar-refractivity contribution in [3.05, 3.63) is 12.1 Å². The molecule has 1 atom stereocenters. The number of rotatable bonds is 9. The predicted molar refractivity (Wildman–Crippen MR) is 107 cm³/mol. The number of hydrogen-bond donors (Lipinski definition) is 2. The number of methoxy groups -OCH3 is 2. The van der Waals surface area contributed by atoms with Crippen molar-refractivity contribution < 1.29 is 23.8 Å². The number of aldehydes is 1. The van der Waals surface area contributed by atoms with E-state index in [-0.39, 0.29) is 12.5 Å². The smallest absolute Gasteiger partial charge is 0.252 e. The third-order valence-electron chi connectivity index (χ3n) is 4.71. The molecule has 0 saturated carbocycles. The highest BCUT2D eigenvalue weighted by atomic mass is 16.5. The van der Waals surface area contributed by atoms with Crippen LogP contribution < -0.4 is 20.5 Å². The summed E-state index contributed by atoms with van der Waals surface area (Å²) in [6, 6.07) is 3.44. The van der Waals surface area contributed by atoms with Gasteiger partial charge in [-0.05, 0) is 18.9 Å². The van der Waals surface area contributed by atoms with Crippen molar-refractivity contribution in [1.29, 1.82) is 0 Å². The number of nitrogen functional groups attached to an aromatic ring is 1. The van der Waals surface area contributed by atoms with E-state index in [2.05, 4.69) is 15.3 Å². The van der Waals surface area contributed by atoms with Crippen molar-refractivity contribution in [1.82, 2.24) is 14.9 Å². The zero-order chi connectivity index (χ0) is 20.8. The van der Waals surface area contributed by atoms with Crippen molar-refractivity contribution in [2.45, 2.75) is 18.9 Å². The molecule has 0 aliphatic carbocycles. The second-order valence-electron chi connectivity index (χ2n) is 6.54. The van der Waals surface area contributed by atoms with Crippen LogP contribution in [0.3, 0.4) is 0 Å². The first kappa shape index (κ1) is 20.6. The van der Waals surface area contributed by atoms with Gasteiger partial charge in [0.15, 0.2) is 11.5 Å². The lowest BCUT2D eigenvalue weighted by atomic mass is 10.2. The lowest BCUT2D eigenvalue weighted by Gasteiger charge is -2.23. The molecule has 1 aliphatic rings. The highest BCUT2D eigenvalue weighted by Crippen LogP contribution is 2.33. The molecule has 10 heteroatoms. The van der Waals surface area contributed by atoms with Gasteiger partial charge in [0.1, 0.15) is 18.2 Å². The Bertz CT molecular complexity index is 885. The largest absolute Gasteiger partial charge is 0.493 e. The summed E-state index contributed by atoms with van der Waals surface area (Å²) in [5.74, 6) is 1.50. The summed E-state index contributed by atoms with van der Waals surface area (Å²) in [7, 11) is 3.08. The molecule has 1 aromatic carbocycles. The molecule has 0 spiro atoms. The summed E-state index contributed by atoms with van der Waals surface area (Å²) in [6.45, 7) is 1.25. The van der Waals surface area contributed by atoms with Crippen LogP contribution in [0.15, 0.2) is 12.1 Å². The summed E-state index contributed by atoms with van der Waals surface area (Å²) in [5, 5.41) is 3.70. The first-order chi connectivity index (χ1) is 14.1. The minimum Gasteiger partial charge on any atom is -0.493 e. The molecule has 1 amide bonds. The monoisotopic (exact) mass is 403 g/mol. The van der Waals surface area contributed by atoms with E-state index < -0.39 is 6.10 Å². The topological polar surface area (TPSA) is 129 Å². The fourth-order valence-electron chi connectivity index (χ4n) is 3.22. The van der Waals surface area contributed by atoms with E-state index in [0.717, 1.165) is 6.42 Å². The lowest BCUT2D eigenvalue weighted by molar-refractivity contribution is -0.141. The van der Waals surface area contributed by atoms with E-state index in [0.29, 0.717) is 66.6 Å². The quantitative estimate of drug-likeness (QED) is 0.585. The fourth-order valence-corrected chi connectivity index (χ4v) is 3.22. The van der Waals surface area contributed by atoms with Gasteiger partial charge in [0.05, 0.1) is 26.3 Å². The number of amides is 1. The number of fused-ring (bicyclic) bond motifs is 1. The zero-order valence-corrected chi connectivity index (χ0v) is 16.5. The lowest BCUT2D eigenvalue weighted by Crippen LogP contribution is -2.42. The number of nitrogens with two attached hydrogens (primary N) is 1. The molecule has 1 saturated heterocycles. The maximum absolute atomic E-state index is 12.5. The summed E-state index contributed by atoms with van der Waals surface area (Å²) in [5.41, 5.74) is 6.66. The molecule has 1 aromatic heterocycles. The number of carbonyl (C=O) groups excluding carboxylic acids is 2. The highest BCUT2D eigenvalue weighted by Gasteiger charge is 2.27. The third kappa shape index (κ3) is 4.65. The number of aromatic nitrogens is 2. The Morgan fingerprint density at radius 2 is 2.10 bits per heavy atom. The second kappa shape index (κ2) is 9.37. The molecule has 29 heavy (non-hydrogen) atoms. The van der Waals surface area contributed by atoms with Crippen molar-refractivity contribution in [2.75, 3.05) is 51.5 Å². The van der Waals surface area contributed by atoms with Gasteiger partial charge >= 0.3 is 0 Å². The van der Waals surface area contributed by atoms with E-state index in [4.69, 9.17) is 19.9 Å². The molecule has 0 bridgehead atoms. The van der Waals surface area contributed by atoms with Crippen LogP contribution in [-0.2, 0) is 14.3 Å². The Morgan fingerprint density at radius 3 is 2.76 bits per heavy atom. The summed E-state index contributed by atoms with van der Waals surface area (Å²) < 4.78 is 16.0. The van der Waals surface area contributed by atoms with Crippen molar-refractivity contribution >= 4 is 34.9 Å². The van der Waals surface area contributed by atoms with Crippen LogP contribution in [0.4, 0.5) is 11.8 Å². The Kier molecular flexibility index (Phi) is 6.65. The number of carbonyl (C=O) groups is 2. The van der Waals surface area contributed by atoms with Crippen LogP contribution in [0.2, 0.25) is 0 Å². The third-order valence-corrected chi connectivity index (χ3v) is 4.71. The van der Waals surface area contributed by atoms with Crippen molar-refractivity contribution in [2.24, 2.45) is 0 Å². The van der Waals surface area contributed by atoms with Gasteiger partial charge in [0.2, 0.25) is 5.95 Å². The van der Waals surface area contributed by atoms with E-state index in [1.807, 2.05) is 0 Å². The maximum atomic E-state index is 12.5. The van der Waals surface area contributed by atoms with Gasteiger partial charge in [0, 0.05) is 31.1 Å². The molecule has 3 rings (SSSR count). The Labute approximate surface area is 168 Å². The minimum absolute atomic E-state index is 0.0120. The van der Waals surface area contributed by atoms with E-state index in [9.17, 15) is 9.59 Å². The van der Waals surface area contributed by atoms with Gasteiger partial charge in [-0.15, -0.1) is 0 Å². The molecule has 10 nitrogen and oxygen atoms in total. The number of hydrogen-bond acceptors (Lipinski definition) is 9. The average Bonchev–Trinajstić information content (AvgIpc) is 3.26. The normalized spacial score (nSPS) is 15.9. The molecule has 1 fully saturated rings. The molecule has 2 aromatic rings. The number of nitrogens with one attached hydrogen (secondary N) is 1. The maximum Gasteiger partial charge on any atom is 0.252 e. The van der Waals surface area contributed by atoms with Crippen LogP contribution in [-0.4, -0.2) is 73.6 Å². The molecule has 156 valence electrons. The Balaban J connectivity index is 1.70. The molecule has 1 unspecified atom stereocenters. The highest BCUT2D eigenvalue weighted by molar-refractivity contribution is 5.91. The van der Waals surface area contributed by atoms with Gasteiger partial charge in [-0.3, -0.25) is 4.79 Å². The zero-order valence-electron chi connectivity index (χ0n) is 16.5. The van der Waals surface area contributed by atoms with Gasteiger partial charge in [-0.1, -0.05) is 0 Å². The second-order valence-corrected chi connectivity index (χ2v) is 6.54. The molecule has 0 radical (unpaired) electrons. The molecule has 3 N–H and O–H groups in total. The van der Waals surface area contributed by atoms with Crippen LogP contribution in [0, 0.1) is 0 Å². The summed E-state index contributed by atoms with van der Waals surface area (Å²) in [4.78, 5) is 33.6. The van der Waals surface area contributed by atoms with Gasteiger partial charge < -0.3 is 35.0 Å². The minimum atomic E-state index is -0.468. The van der Waals surface area contributed by atoms with E-state index >= 15 is 0 Å². The van der Waals surface area contributed by atoms with Crippen LogP contribution in [0.5, 0.6) is 11.5 Å². The summed E-state index contributed by atoms with van der Waals surface area (Å²) >= 11 is 0. The van der Waals surface area contributed by atoms with Gasteiger partial charge in [0.25, 0.3) is 5.91 Å². The average molecular weight is 403 g/mol. The molecular weight excluding hydrogens is 378 g/mol. The SMILES string of the molecule is COc1cc2nc(NCCN(CC=O)C(=O)C3CCCO3)nc(N)c2cc1OC. The Morgan fingerprint density at radius 1 is 1.34 bits per heavy atom. The van der Waals surface area contributed by atoms with Crippen LogP contribution in [0.25, 0.3) is 10.9 Å². The van der Waals surface area contributed by atoms with Crippen LogP contribution in [0.1, 0.15) is 12.8 Å². The first-order valence-corrected chi connectivity index (χ1v) is 9.34. The Hall–Kier alpha value is -3.14. The van der Waals surface area contributed by atoms with Crippen molar-refractivity contribution in [3.8, 4) is 11.5 Å². The van der Waals surface area contributed by atoms with E-state index in [1.165, 1.54) is 4.90 Å². The van der Waals surface area contributed by atoms with Crippen molar-refractivity contribution in [3.63, 3.8) is 0 Å².